The van der Waals surface area contributed by atoms with Crippen molar-refractivity contribution in [2.24, 2.45) is 5.73 Å². The summed E-state index contributed by atoms with van der Waals surface area (Å²) < 4.78 is 0. The Hall–Kier alpha value is -0.440. The van der Waals surface area contributed by atoms with Crippen LogP contribution in [0.3, 0.4) is 0 Å². The van der Waals surface area contributed by atoms with E-state index in [9.17, 15) is 0 Å². The lowest BCUT2D eigenvalue weighted by molar-refractivity contribution is 0.655. The van der Waals surface area contributed by atoms with Crippen LogP contribution in [-0.2, 0) is 0 Å². The number of fused-ring (bicyclic) bond motifs is 1. The first-order valence-corrected chi connectivity index (χ1v) is 4.93. The summed E-state index contributed by atoms with van der Waals surface area (Å²) in [6.45, 7) is 0.855. The van der Waals surface area contributed by atoms with Crippen LogP contribution < -0.4 is 11.1 Å². The van der Waals surface area contributed by atoms with Gasteiger partial charge in [0.15, 0.2) is 0 Å². The smallest absolute Gasteiger partial charge is 0.0827 e. The maximum absolute atomic E-state index is 6.03. The predicted molar refractivity (Wildman–Crippen MR) is 56.5 cm³/mol. The molecule has 0 fully saturated rings. The molecule has 70 valence electrons. The molecular formula is C9H10Cl2N2. The second-order valence-electron chi connectivity index (χ2n) is 3.15. The van der Waals surface area contributed by atoms with E-state index in [4.69, 9.17) is 28.9 Å². The molecule has 1 aliphatic heterocycles. The van der Waals surface area contributed by atoms with E-state index in [-0.39, 0.29) is 6.04 Å². The minimum absolute atomic E-state index is 0.0750. The molecule has 1 heterocycles. The predicted octanol–water partition coefficient (Wildman–Crippen LogP) is 2.81. The number of hydrogen-bond acceptors (Lipinski definition) is 2. The minimum Gasteiger partial charge on any atom is -0.383 e. The van der Waals surface area contributed by atoms with Crippen LogP contribution >= 0.6 is 23.2 Å². The molecule has 0 aromatic heterocycles. The zero-order valence-electron chi connectivity index (χ0n) is 6.98. The Kier molecular flexibility index (Phi) is 2.37. The number of nitrogens with one attached hydrogen (secondary N) is 1. The molecule has 1 aromatic carbocycles. The molecule has 1 aliphatic rings. The van der Waals surface area contributed by atoms with Crippen molar-refractivity contribution in [3.8, 4) is 0 Å². The van der Waals surface area contributed by atoms with Crippen molar-refractivity contribution < 1.29 is 0 Å². The highest BCUT2D eigenvalue weighted by molar-refractivity contribution is 6.43. The van der Waals surface area contributed by atoms with Gasteiger partial charge in [0.2, 0.25) is 0 Å². The number of anilines is 1. The molecule has 0 bridgehead atoms. The van der Waals surface area contributed by atoms with Gasteiger partial charge in [-0.25, -0.2) is 0 Å². The second-order valence-corrected chi connectivity index (χ2v) is 3.93. The molecule has 2 nitrogen and oxygen atoms in total. The molecule has 0 aliphatic carbocycles. The standard InChI is InChI=1S/C9H10Cl2N2/c10-6-2-1-5-7(12)3-4-13-9(5)8(6)11/h1-2,7,13H,3-4,12H2. The zero-order valence-corrected chi connectivity index (χ0v) is 8.49. The molecular weight excluding hydrogens is 207 g/mol. The molecule has 1 aromatic rings. The number of nitrogens with two attached hydrogens (primary N) is 1. The van der Waals surface area contributed by atoms with Gasteiger partial charge in [-0.1, -0.05) is 29.3 Å². The van der Waals surface area contributed by atoms with Crippen molar-refractivity contribution in [2.75, 3.05) is 11.9 Å². The zero-order chi connectivity index (χ0) is 9.42. The van der Waals surface area contributed by atoms with Gasteiger partial charge in [-0.3, -0.25) is 0 Å². The van der Waals surface area contributed by atoms with Crippen LogP contribution in [0.25, 0.3) is 0 Å². The van der Waals surface area contributed by atoms with Gasteiger partial charge in [-0.15, -0.1) is 0 Å². The fourth-order valence-electron chi connectivity index (χ4n) is 1.56. The van der Waals surface area contributed by atoms with Crippen molar-refractivity contribution in [3.05, 3.63) is 27.7 Å². The minimum atomic E-state index is 0.0750. The SMILES string of the molecule is NC1CCNc2c1ccc(Cl)c2Cl. The maximum Gasteiger partial charge on any atom is 0.0827 e. The largest absolute Gasteiger partial charge is 0.383 e. The maximum atomic E-state index is 6.03. The summed E-state index contributed by atoms with van der Waals surface area (Å²) in [6, 6.07) is 3.79. The summed E-state index contributed by atoms with van der Waals surface area (Å²) in [5.41, 5.74) is 7.88. The van der Waals surface area contributed by atoms with Crippen molar-refractivity contribution in [2.45, 2.75) is 12.5 Å². The molecule has 1 atom stereocenters. The molecule has 13 heavy (non-hydrogen) atoms. The molecule has 4 heteroatoms. The van der Waals surface area contributed by atoms with Gasteiger partial charge >= 0.3 is 0 Å². The topological polar surface area (TPSA) is 38.0 Å². The van der Waals surface area contributed by atoms with Crippen LogP contribution in [0.5, 0.6) is 0 Å². The summed E-state index contributed by atoms with van der Waals surface area (Å²) in [7, 11) is 0. The molecule has 3 N–H and O–H groups in total. The first-order valence-electron chi connectivity index (χ1n) is 4.17. The highest BCUT2D eigenvalue weighted by atomic mass is 35.5. The molecule has 0 saturated heterocycles. The van der Waals surface area contributed by atoms with Crippen molar-refractivity contribution in [1.82, 2.24) is 0 Å². The van der Waals surface area contributed by atoms with E-state index < -0.39 is 0 Å². The molecule has 0 spiro atoms. The first-order chi connectivity index (χ1) is 6.20. The van der Waals surface area contributed by atoms with Gasteiger partial charge in [0, 0.05) is 12.6 Å². The molecule has 0 radical (unpaired) electrons. The second kappa shape index (κ2) is 3.37. The Balaban J connectivity index is 2.56. The van der Waals surface area contributed by atoms with E-state index >= 15 is 0 Å². The Bertz CT molecular complexity index is 339. The summed E-state index contributed by atoms with van der Waals surface area (Å²) in [6.07, 6.45) is 0.935. The summed E-state index contributed by atoms with van der Waals surface area (Å²) >= 11 is 11.9. The Morgan fingerprint density at radius 1 is 1.38 bits per heavy atom. The van der Waals surface area contributed by atoms with Gasteiger partial charge in [-0.2, -0.15) is 0 Å². The number of hydrogen-bond donors (Lipinski definition) is 2. The molecule has 0 saturated carbocycles. The van der Waals surface area contributed by atoms with Crippen molar-refractivity contribution in [1.29, 1.82) is 0 Å². The Labute approximate surface area is 87.0 Å². The van der Waals surface area contributed by atoms with Crippen LogP contribution in [0.15, 0.2) is 12.1 Å². The van der Waals surface area contributed by atoms with E-state index in [0.29, 0.717) is 10.0 Å². The summed E-state index contributed by atoms with van der Waals surface area (Å²) in [5, 5.41) is 4.36. The van der Waals surface area contributed by atoms with Gasteiger partial charge in [-0.05, 0) is 18.1 Å². The summed E-state index contributed by atoms with van der Waals surface area (Å²) in [4.78, 5) is 0. The molecule has 2 rings (SSSR count). The van der Waals surface area contributed by atoms with E-state index in [1.807, 2.05) is 6.07 Å². The van der Waals surface area contributed by atoms with Crippen LogP contribution in [0.2, 0.25) is 10.0 Å². The third-order valence-corrected chi connectivity index (χ3v) is 3.09. The van der Waals surface area contributed by atoms with Crippen molar-refractivity contribution in [3.63, 3.8) is 0 Å². The van der Waals surface area contributed by atoms with E-state index in [0.717, 1.165) is 24.2 Å². The van der Waals surface area contributed by atoms with Gasteiger partial charge in [0.25, 0.3) is 0 Å². The number of halogens is 2. The van der Waals surface area contributed by atoms with Gasteiger partial charge in [0.1, 0.15) is 0 Å². The number of rotatable bonds is 0. The summed E-state index contributed by atoms with van der Waals surface area (Å²) in [5.74, 6) is 0. The van der Waals surface area contributed by atoms with E-state index in [2.05, 4.69) is 5.32 Å². The lowest BCUT2D eigenvalue weighted by atomic mass is 9.99. The van der Waals surface area contributed by atoms with E-state index in [1.54, 1.807) is 6.07 Å². The third kappa shape index (κ3) is 1.50. The third-order valence-electron chi connectivity index (χ3n) is 2.28. The van der Waals surface area contributed by atoms with E-state index in [1.165, 1.54) is 0 Å². The van der Waals surface area contributed by atoms with Crippen molar-refractivity contribution >= 4 is 28.9 Å². The lowest BCUT2D eigenvalue weighted by Gasteiger charge is -2.24. The Morgan fingerprint density at radius 2 is 2.15 bits per heavy atom. The van der Waals surface area contributed by atoms with Crippen LogP contribution in [0.1, 0.15) is 18.0 Å². The van der Waals surface area contributed by atoms with Crippen LogP contribution in [-0.4, -0.2) is 6.54 Å². The van der Waals surface area contributed by atoms with Gasteiger partial charge in [0.05, 0.1) is 15.7 Å². The van der Waals surface area contributed by atoms with Gasteiger partial charge < -0.3 is 11.1 Å². The van der Waals surface area contributed by atoms with Crippen LogP contribution in [0, 0.1) is 0 Å². The van der Waals surface area contributed by atoms with Crippen LogP contribution in [0.4, 0.5) is 5.69 Å². The fraction of sp³-hybridized carbons (Fsp3) is 0.333. The highest BCUT2D eigenvalue weighted by Gasteiger charge is 2.19. The molecule has 1 unspecified atom stereocenters. The Morgan fingerprint density at radius 3 is 2.92 bits per heavy atom. The highest BCUT2D eigenvalue weighted by Crippen LogP contribution is 2.38. The first kappa shape index (κ1) is 9.13. The average Bonchev–Trinajstić information content (AvgIpc) is 2.12. The lowest BCUT2D eigenvalue weighted by Crippen LogP contribution is -2.22. The quantitative estimate of drug-likeness (QED) is 0.701. The average molecular weight is 217 g/mol. The molecule has 0 amide bonds. The fourth-order valence-corrected chi connectivity index (χ4v) is 1.96. The number of benzene rings is 1. The normalized spacial score (nSPS) is 20.7. The monoisotopic (exact) mass is 216 g/mol.